The van der Waals surface area contributed by atoms with Gasteiger partial charge in [-0.25, -0.2) is 0 Å². The minimum atomic E-state index is -0.486. The summed E-state index contributed by atoms with van der Waals surface area (Å²) in [6.07, 6.45) is 2.02. The molecule has 1 aromatic heterocycles. The molecule has 0 aliphatic rings. The van der Waals surface area contributed by atoms with Gasteiger partial charge in [0.15, 0.2) is 0 Å². The lowest BCUT2D eigenvalue weighted by Crippen LogP contribution is -2.12. The predicted molar refractivity (Wildman–Crippen MR) is 59.3 cm³/mol. The van der Waals surface area contributed by atoms with E-state index in [0.29, 0.717) is 12.0 Å². The van der Waals surface area contributed by atoms with Gasteiger partial charge in [0.25, 0.3) is 5.69 Å². The molecule has 0 fully saturated rings. The molecule has 1 heterocycles. The lowest BCUT2D eigenvalue weighted by Gasteiger charge is -2.11. The minimum Gasteiger partial charge on any atom is -0.299 e. The number of carbonyl (C=O) groups is 1. The fourth-order valence-electron chi connectivity index (χ4n) is 1.74. The van der Waals surface area contributed by atoms with Gasteiger partial charge >= 0.3 is 0 Å². The molecule has 0 saturated carbocycles. The molecule has 86 valence electrons. The highest BCUT2D eigenvalue weighted by Crippen LogP contribution is 2.29. The number of rotatable bonds is 4. The number of Topliss-reactive ketones (excluding diaryl/α,β-unsaturated/α-hetero) is 1. The molecule has 0 bridgehead atoms. The number of ketones is 1. The highest BCUT2D eigenvalue weighted by Gasteiger charge is 2.27. The Labute approximate surface area is 93.7 Å². The SMILES string of the molecule is CCC(C(C)=O)c1nccc(C)c1[N+](=O)[O-]. The maximum absolute atomic E-state index is 11.4. The Hall–Kier alpha value is -1.78. The monoisotopic (exact) mass is 222 g/mol. The summed E-state index contributed by atoms with van der Waals surface area (Å²) in [7, 11) is 0. The van der Waals surface area contributed by atoms with Crippen LogP contribution >= 0.6 is 0 Å². The fourth-order valence-corrected chi connectivity index (χ4v) is 1.74. The molecule has 1 aromatic rings. The van der Waals surface area contributed by atoms with E-state index in [0.717, 1.165) is 0 Å². The Bertz CT molecular complexity index is 429. The van der Waals surface area contributed by atoms with Gasteiger partial charge in [0, 0.05) is 11.8 Å². The maximum Gasteiger partial charge on any atom is 0.294 e. The molecule has 0 aliphatic heterocycles. The van der Waals surface area contributed by atoms with Crippen molar-refractivity contribution in [3.05, 3.63) is 33.6 Å². The van der Waals surface area contributed by atoms with Crippen molar-refractivity contribution in [2.75, 3.05) is 0 Å². The summed E-state index contributed by atoms with van der Waals surface area (Å²) in [6.45, 7) is 4.90. The first-order chi connectivity index (χ1) is 7.49. The van der Waals surface area contributed by atoms with E-state index in [1.54, 1.807) is 13.0 Å². The van der Waals surface area contributed by atoms with E-state index >= 15 is 0 Å². The Kier molecular flexibility index (Phi) is 3.71. The van der Waals surface area contributed by atoms with Gasteiger partial charge in [0.1, 0.15) is 11.5 Å². The molecule has 5 nitrogen and oxygen atoms in total. The summed E-state index contributed by atoms with van der Waals surface area (Å²) in [5, 5.41) is 10.9. The summed E-state index contributed by atoms with van der Waals surface area (Å²) in [4.78, 5) is 25.9. The van der Waals surface area contributed by atoms with Crippen LogP contribution in [0.3, 0.4) is 0 Å². The first kappa shape index (κ1) is 12.3. The van der Waals surface area contributed by atoms with E-state index < -0.39 is 10.8 Å². The second-order valence-corrected chi connectivity index (χ2v) is 3.69. The van der Waals surface area contributed by atoms with Crippen LogP contribution in [0.25, 0.3) is 0 Å². The normalized spacial score (nSPS) is 12.2. The summed E-state index contributed by atoms with van der Waals surface area (Å²) < 4.78 is 0. The molecule has 1 unspecified atom stereocenters. The number of aromatic nitrogens is 1. The molecule has 0 radical (unpaired) electrons. The van der Waals surface area contributed by atoms with Gasteiger partial charge in [-0.1, -0.05) is 6.92 Å². The Morgan fingerprint density at radius 1 is 1.62 bits per heavy atom. The molecule has 0 aliphatic carbocycles. The summed E-state index contributed by atoms with van der Waals surface area (Å²) >= 11 is 0. The second-order valence-electron chi connectivity index (χ2n) is 3.69. The molecule has 1 rings (SSSR count). The quantitative estimate of drug-likeness (QED) is 0.579. The number of hydrogen-bond acceptors (Lipinski definition) is 4. The van der Waals surface area contributed by atoms with Crippen LogP contribution in [-0.4, -0.2) is 15.7 Å². The van der Waals surface area contributed by atoms with Gasteiger partial charge < -0.3 is 0 Å². The molecular formula is C11H14N2O3. The predicted octanol–water partition coefficient (Wildman–Crippen LogP) is 2.38. The van der Waals surface area contributed by atoms with Crippen molar-refractivity contribution in [3.63, 3.8) is 0 Å². The number of aryl methyl sites for hydroxylation is 1. The van der Waals surface area contributed by atoms with Crippen molar-refractivity contribution in [3.8, 4) is 0 Å². The van der Waals surface area contributed by atoms with Crippen molar-refractivity contribution in [2.24, 2.45) is 0 Å². The zero-order chi connectivity index (χ0) is 12.3. The van der Waals surface area contributed by atoms with Crippen molar-refractivity contribution < 1.29 is 9.72 Å². The van der Waals surface area contributed by atoms with E-state index in [-0.39, 0.29) is 17.2 Å². The van der Waals surface area contributed by atoms with E-state index in [1.165, 1.54) is 13.1 Å². The van der Waals surface area contributed by atoms with Gasteiger partial charge in [-0.15, -0.1) is 0 Å². The minimum absolute atomic E-state index is 0.0375. The molecule has 0 N–H and O–H groups in total. The average Bonchev–Trinajstić information content (AvgIpc) is 2.17. The average molecular weight is 222 g/mol. The van der Waals surface area contributed by atoms with Crippen LogP contribution in [-0.2, 0) is 4.79 Å². The van der Waals surface area contributed by atoms with Crippen LogP contribution in [0, 0.1) is 17.0 Å². The Morgan fingerprint density at radius 2 is 2.25 bits per heavy atom. The number of carbonyl (C=O) groups excluding carboxylic acids is 1. The molecular weight excluding hydrogens is 208 g/mol. The lowest BCUT2D eigenvalue weighted by atomic mass is 9.95. The van der Waals surface area contributed by atoms with Gasteiger partial charge in [0.2, 0.25) is 0 Å². The van der Waals surface area contributed by atoms with Crippen molar-refractivity contribution in [2.45, 2.75) is 33.1 Å². The largest absolute Gasteiger partial charge is 0.299 e. The van der Waals surface area contributed by atoms with Gasteiger partial charge in [-0.05, 0) is 26.3 Å². The number of nitrogens with zero attached hydrogens (tertiary/aromatic N) is 2. The van der Waals surface area contributed by atoms with Gasteiger partial charge in [-0.3, -0.25) is 19.9 Å². The first-order valence-electron chi connectivity index (χ1n) is 5.09. The summed E-state index contributed by atoms with van der Waals surface area (Å²) in [6, 6.07) is 1.58. The Balaban J connectivity index is 3.37. The molecule has 1 atom stereocenters. The smallest absolute Gasteiger partial charge is 0.294 e. The van der Waals surface area contributed by atoms with Crippen LogP contribution in [0.4, 0.5) is 5.69 Å². The lowest BCUT2D eigenvalue weighted by molar-refractivity contribution is -0.386. The zero-order valence-corrected chi connectivity index (χ0v) is 9.56. The third kappa shape index (κ3) is 2.24. The number of pyridine rings is 1. The van der Waals surface area contributed by atoms with E-state index in [4.69, 9.17) is 0 Å². The molecule has 0 aromatic carbocycles. The highest BCUT2D eigenvalue weighted by molar-refractivity contribution is 5.84. The van der Waals surface area contributed by atoms with E-state index in [2.05, 4.69) is 4.98 Å². The zero-order valence-electron chi connectivity index (χ0n) is 9.56. The summed E-state index contributed by atoms with van der Waals surface area (Å²) in [5.74, 6) is -0.580. The first-order valence-corrected chi connectivity index (χ1v) is 5.09. The third-order valence-corrected chi connectivity index (χ3v) is 2.57. The number of hydrogen-bond donors (Lipinski definition) is 0. The summed E-state index contributed by atoms with van der Waals surface area (Å²) in [5.41, 5.74) is 0.777. The van der Waals surface area contributed by atoms with Crippen LogP contribution in [0.5, 0.6) is 0 Å². The van der Waals surface area contributed by atoms with Crippen LogP contribution in [0.15, 0.2) is 12.3 Å². The highest BCUT2D eigenvalue weighted by atomic mass is 16.6. The third-order valence-electron chi connectivity index (χ3n) is 2.57. The van der Waals surface area contributed by atoms with Crippen LogP contribution < -0.4 is 0 Å². The van der Waals surface area contributed by atoms with E-state index in [1.807, 2.05) is 6.92 Å². The van der Waals surface area contributed by atoms with Crippen molar-refractivity contribution in [1.29, 1.82) is 0 Å². The van der Waals surface area contributed by atoms with Crippen molar-refractivity contribution >= 4 is 11.5 Å². The van der Waals surface area contributed by atoms with Gasteiger partial charge in [-0.2, -0.15) is 0 Å². The Morgan fingerprint density at radius 3 is 2.69 bits per heavy atom. The van der Waals surface area contributed by atoms with Gasteiger partial charge in [0.05, 0.1) is 10.8 Å². The van der Waals surface area contributed by atoms with E-state index in [9.17, 15) is 14.9 Å². The molecule has 0 saturated heterocycles. The van der Waals surface area contributed by atoms with Crippen molar-refractivity contribution in [1.82, 2.24) is 4.98 Å². The number of nitro groups is 1. The molecule has 5 heteroatoms. The second kappa shape index (κ2) is 4.83. The molecule has 16 heavy (non-hydrogen) atoms. The molecule has 0 spiro atoms. The fraction of sp³-hybridized carbons (Fsp3) is 0.455. The van der Waals surface area contributed by atoms with Crippen LogP contribution in [0.1, 0.15) is 37.4 Å². The maximum atomic E-state index is 11.4. The van der Waals surface area contributed by atoms with Crippen LogP contribution in [0.2, 0.25) is 0 Å². The topological polar surface area (TPSA) is 73.1 Å². The molecule has 0 amide bonds. The standard InChI is InChI=1S/C11H14N2O3/c1-4-9(8(3)14)10-11(13(15)16)7(2)5-6-12-10/h5-6,9H,4H2,1-3H3.